The summed E-state index contributed by atoms with van der Waals surface area (Å²) in [5.41, 5.74) is 0. The highest BCUT2D eigenvalue weighted by molar-refractivity contribution is 5.66. The summed E-state index contributed by atoms with van der Waals surface area (Å²) >= 11 is 0. The third-order valence-electron chi connectivity index (χ3n) is 1.82. The van der Waals surface area contributed by atoms with Gasteiger partial charge >= 0.3 is 5.97 Å². The number of carbonyl (C=O) groups is 1. The minimum atomic E-state index is -0.695. The molecule has 12 heavy (non-hydrogen) atoms. The second-order valence-corrected chi connectivity index (χ2v) is 3.07. The van der Waals surface area contributed by atoms with E-state index in [1.807, 2.05) is 0 Å². The van der Waals surface area contributed by atoms with Crippen molar-refractivity contribution < 1.29 is 9.90 Å². The van der Waals surface area contributed by atoms with Crippen molar-refractivity contribution in [2.75, 3.05) is 0 Å². The first kappa shape index (κ1) is 11.5. The Bertz CT molecular complexity index is 110. The summed E-state index contributed by atoms with van der Waals surface area (Å²) in [6.07, 6.45) is 9.22. The highest BCUT2D eigenvalue weighted by Crippen LogP contribution is 2.06. The average Bonchev–Trinajstić information content (AvgIpc) is 2.02. The molecule has 0 aromatic heterocycles. The van der Waals surface area contributed by atoms with Crippen LogP contribution in [0.5, 0.6) is 0 Å². The first-order chi connectivity index (χ1) is 5.77. The summed E-state index contributed by atoms with van der Waals surface area (Å²) in [5.74, 6) is -0.695. The van der Waals surface area contributed by atoms with Crippen LogP contribution < -0.4 is 0 Å². The fraction of sp³-hybridized carbons (Fsp3) is 0.800. The Kier molecular flexibility index (Phi) is 8.19. The second kappa shape index (κ2) is 8.57. The van der Waals surface area contributed by atoms with Gasteiger partial charge in [0.2, 0.25) is 0 Å². The SMILES string of the molecule is CCCCCC[CH]CCC(=O)O. The van der Waals surface area contributed by atoms with E-state index in [4.69, 9.17) is 5.11 Å². The highest BCUT2D eigenvalue weighted by Gasteiger charge is 1.95. The summed E-state index contributed by atoms with van der Waals surface area (Å²) in [5, 5.41) is 8.33. The molecule has 71 valence electrons. The molecule has 0 aliphatic rings. The molecular weight excluding hydrogens is 152 g/mol. The molecule has 0 spiro atoms. The van der Waals surface area contributed by atoms with Crippen molar-refractivity contribution in [1.29, 1.82) is 0 Å². The van der Waals surface area contributed by atoms with Crippen LogP contribution in [0.4, 0.5) is 0 Å². The number of hydrogen-bond donors (Lipinski definition) is 1. The topological polar surface area (TPSA) is 37.3 Å². The first-order valence-corrected chi connectivity index (χ1v) is 4.80. The molecule has 0 heterocycles. The van der Waals surface area contributed by atoms with E-state index >= 15 is 0 Å². The number of rotatable bonds is 8. The zero-order valence-corrected chi connectivity index (χ0v) is 7.88. The van der Waals surface area contributed by atoms with E-state index in [-0.39, 0.29) is 6.42 Å². The highest BCUT2D eigenvalue weighted by atomic mass is 16.4. The largest absolute Gasteiger partial charge is 0.481 e. The van der Waals surface area contributed by atoms with E-state index < -0.39 is 5.97 Å². The van der Waals surface area contributed by atoms with Crippen LogP contribution >= 0.6 is 0 Å². The van der Waals surface area contributed by atoms with Gasteiger partial charge in [-0.2, -0.15) is 0 Å². The Labute approximate surface area is 75.0 Å². The quantitative estimate of drug-likeness (QED) is 0.570. The zero-order chi connectivity index (χ0) is 9.23. The van der Waals surface area contributed by atoms with Gasteiger partial charge in [-0.3, -0.25) is 4.79 Å². The van der Waals surface area contributed by atoms with Gasteiger partial charge in [0, 0.05) is 6.42 Å². The summed E-state index contributed by atoms with van der Waals surface area (Å²) in [7, 11) is 0. The second-order valence-electron chi connectivity index (χ2n) is 3.07. The van der Waals surface area contributed by atoms with E-state index in [1.54, 1.807) is 0 Å². The van der Waals surface area contributed by atoms with Crippen LogP contribution in [0.2, 0.25) is 0 Å². The summed E-state index contributed by atoms with van der Waals surface area (Å²) in [6, 6.07) is 0. The fourth-order valence-corrected chi connectivity index (χ4v) is 1.09. The normalized spacial score (nSPS) is 10.1. The smallest absolute Gasteiger partial charge is 0.303 e. The van der Waals surface area contributed by atoms with Crippen LogP contribution in [-0.4, -0.2) is 11.1 Å². The lowest BCUT2D eigenvalue weighted by molar-refractivity contribution is -0.136. The van der Waals surface area contributed by atoms with Gasteiger partial charge in [-0.25, -0.2) is 0 Å². The van der Waals surface area contributed by atoms with Crippen molar-refractivity contribution in [3.05, 3.63) is 6.42 Å². The summed E-state index contributed by atoms with van der Waals surface area (Å²) in [4.78, 5) is 10.1. The fourth-order valence-electron chi connectivity index (χ4n) is 1.09. The lowest BCUT2D eigenvalue weighted by Crippen LogP contribution is -1.93. The number of aliphatic carboxylic acids is 1. The van der Waals surface area contributed by atoms with E-state index in [1.165, 1.54) is 25.7 Å². The lowest BCUT2D eigenvalue weighted by Gasteiger charge is -1.98. The van der Waals surface area contributed by atoms with Gasteiger partial charge in [0.05, 0.1) is 0 Å². The third kappa shape index (κ3) is 9.47. The van der Waals surface area contributed by atoms with E-state index in [0.29, 0.717) is 0 Å². The molecule has 0 rings (SSSR count). The van der Waals surface area contributed by atoms with E-state index in [2.05, 4.69) is 13.3 Å². The number of carboxylic acid groups (broad SMARTS) is 1. The van der Waals surface area contributed by atoms with Crippen molar-refractivity contribution in [3.8, 4) is 0 Å². The molecule has 0 bridgehead atoms. The van der Waals surface area contributed by atoms with Gasteiger partial charge in [-0.1, -0.05) is 39.0 Å². The molecule has 0 atom stereocenters. The Hall–Kier alpha value is -0.530. The monoisotopic (exact) mass is 171 g/mol. The lowest BCUT2D eigenvalue weighted by atomic mass is 10.1. The third-order valence-corrected chi connectivity index (χ3v) is 1.82. The standard InChI is InChI=1S/C10H19O2/c1-2-3-4-5-6-7-8-9-10(11)12/h7H,2-6,8-9H2,1H3,(H,11,12). The molecule has 0 fully saturated rings. The predicted octanol–water partition coefficient (Wildman–Crippen LogP) is 3.03. The minimum Gasteiger partial charge on any atom is -0.481 e. The molecule has 0 saturated carbocycles. The molecule has 0 saturated heterocycles. The summed E-state index contributed by atoms with van der Waals surface area (Å²) < 4.78 is 0. The first-order valence-electron chi connectivity index (χ1n) is 4.80. The number of carboxylic acids is 1. The van der Waals surface area contributed by atoms with Crippen molar-refractivity contribution in [1.82, 2.24) is 0 Å². The average molecular weight is 171 g/mol. The van der Waals surface area contributed by atoms with Gasteiger partial charge in [-0.15, -0.1) is 0 Å². The van der Waals surface area contributed by atoms with Gasteiger partial charge in [0.25, 0.3) is 0 Å². The summed E-state index contributed by atoms with van der Waals surface area (Å²) in [6.45, 7) is 2.19. The zero-order valence-electron chi connectivity index (χ0n) is 7.88. The maximum Gasteiger partial charge on any atom is 0.303 e. The molecule has 2 heteroatoms. The molecule has 0 aromatic rings. The van der Waals surface area contributed by atoms with Crippen LogP contribution in [0.3, 0.4) is 0 Å². The van der Waals surface area contributed by atoms with Crippen LogP contribution in [0.15, 0.2) is 0 Å². The van der Waals surface area contributed by atoms with Gasteiger partial charge < -0.3 is 5.11 Å². The molecule has 2 nitrogen and oxygen atoms in total. The molecule has 0 aliphatic heterocycles. The molecule has 1 radical (unpaired) electrons. The molecule has 1 N–H and O–H groups in total. The van der Waals surface area contributed by atoms with Crippen molar-refractivity contribution in [2.24, 2.45) is 0 Å². The molecule has 0 aliphatic carbocycles. The number of hydrogen-bond acceptors (Lipinski definition) is 1. The maximum atomic E-state index is 10.1. The minimum absolute atomic E-state index is 0.285. The Morgan fingerprint density at radius 2 is 2.00 bits per heavy atom. The Morgan fingerprint density at radius 1 is 1.25 bits per heavy atom. The predicted molar refractivity (Wildman–Crippen MR) is 49.9 cm³/mol. The van der Waals surface area contributed by atoms with Crippen LogP contribution in [0.1, 0.15) is 51.9 Å². The number of unbranched alkanes of at least 4 members (excludes halogenated alkanes) is 6. The van der Waals surface area contributed by atoms with E-state index in [0.717, 1.165) is 12.8 Å². The van der Waals surface area contributed by atoms with Crippen molar-refractivity contribution in [3.63, 3.8) is 0 Å². The maximum absolute atomic E-state index is 10.1. The molecule has 0 unspecified atom stereocenters. The molecule has 0 amide bonds. The van der Waals surface area contributed by atoms with Gasteiger partial charge in [-0.05, 0) is 12.8 Å². The van der Waals surface area contributed by atoms with E-state index in [9.17, 15) is 4.79 Å². The van der Waals surface area contributed by atoms with Crippen LogP contribution in [0.25, 0.3) is 0 Å². The van der Waals surface area contributed by atoms with Gasteiger partial charge in [0.1, 0.15) is 0 Å². The van der Waals surface area contributed by atoms with Crippen molar-refractivity contribution >= 4 is 5.97 Å². The Balaban J connectivity index is 2.86. The molecule has 0 aromatic carbocycles. The van der Waals surface area contributed by atoms with Crippen LogP contribution in [0, 0.1) is 6.42 Å². The molecular formula is C10H19O2. The van der Waals surface area contributed by atoms with Gasteiger partial charge in [0.15, 0.2) is 0 Å². The Morgan fingerprint density at radius 3 is 2.58 bits per heavy atom. The van der Waals surface area contributed by atoms with Crippen molar-refractivity contribution in [2.45, 2.75) is 51.9 Å². The van der Waals surface area contributed by atoms with Crippen LogP contribution in [-0.2, 0) is 4.79 Å².